The van der Waals surface area contributed by atoms with Crippen LogP contribution in [0.15, 0.2) is 53.4 Å². The lowest BCUT2D eigenvalue weighted by molar-refractivity contribution is 0.0473. The highest BCUT2D eigenvalue weighted by Crippen LogP contribution is 2.17. The normalized spacial score (nSPS) is 11.4. The van der Waals surface area contributed by atoms with Gasteiger partial charge in [0.15, 0.2) is 6.61 Å². The van der Waals surface area contributed by atoms with Crippen molar-refractivity contribution in [2.24, 2.45) is 0 Å². The number of carbonyl (C=O) groups excluding carboxylic acids is 2. The van der Waals surface area contributed by atoms with Crippen molar-refractivity contribution in [2.75, 3.05) is 19.7 Å². The number of ether oxygens (including phenoxy) is 1. The molecule has 0 aliphatic heterocycles. The van der Waals surface area contributed by atoms with Gasteiger partial charge in [-0.1, -0.05) is 26.0 Å². The number of Topliss-reactive ketones (excluding diaryl/α,β-unsaturated/α-hetero) is 1. The van der Waals surface area contributed by atoms with Gasteiger partial charge < -0.3 is 4.74 Å². The Bertz CT molecular complexity index is 921. The second kappa shape index (κ2) is 8.88. The predicted octanol–water partition coefficient (Wildman–Crippen LogP) is 2.90. The van der Waals surface area contributed by atoms with Crippen molar-refractivity contribution in [3.8, 4) is 0 Å². The fourth-order valence-corrected chi connectivity index (χ4v) is 3.91. The molecule has 2 aromatic rings. The van der Waals surface area contributed by atoms with Crippen LogP contribution in [0.1, 0.15) is 34.6 Å². The van der Waals surface area contributed by atoms with Crippen LogP contribution in [0.25, 0.3) is 0 Å². The molecule has 0 spiro atoms. The van der Waals surface area contributed by atoms with Crippen molar-refractivity contribution in [1.82, 2.24) is 4.31 Å². The van der Waals surface area contributed by atoms with Crippen LogP contribution in [0, 0.1) is 5.82 Å². The van der Waals surface area contributed by atoms with E-state index < -0.39 is 34.2 Å². The molecular weight excluding hydrogens is 373 g/mol. The van der Waals surface area contributed by atoms with Crippen molar-refractivity contribution in [3.63, 3.8) is 0 Å². The average molecular weight is 393 g/mol. The van der Waals surface area contributed by atoms with E-state index in [1.165, 1.54) is 46.8 Å². The van der Waals surface area contributed by atoms with Crippen LogP contribution in [0.3, 0.4) is 0 Å². The fraction of sp³-hybridized carbons (Fsp3) is 0.263. The lowest BCUT2D eigenvalue weighted by Crippen LogP contribution is -2.30. The van der Waals surface area contributed by atoms with E-state index in [-0.39, 0.29) is 16.0 Å². The number of esters is 1. The highest BCUT2D eigenvalue weighted by molar-refractivity contribution is 7.89. The third-order valence-corrected chi connectivity index (χ3v) is 6.01. The molecule has 0 amide bonds. The SMILES string of the molecule is CCN(CC)S(=O)(=O)c1ccc(C(=O)OCC(=O)c2ccccc2F)cc1. The van der Waals surface area contributed by atoms with Gasteiger partial charge in [-0.3, -0.25) is 4.79 Å². The minimum absolute atomic E-state index is 0.0604. The van der Waals surface area contributed by atoms with Crippen molar-refractivity contribution >= 4 is 21.8 Å². The summed E-state index contributed by atoms with van der Waals surface area (Å²) in [4.78, 5) is 24.0. The first-order valence-electron chi connectivity index (χ1n) is 8.36. The van der Waals surface area contributed by atoms with Gasteiger partial charge in [-0.25, -0.2) is 17.6 Å². The van der Waals surface area contributed by atoms with Gasteiger partial charge in [0.05, 0.1) is 16.0 Å². The van der Waals surface area contributed by atoms with E-state index in [0.29, 0.717) is 13.1 Å². The Morgan fingerprint density at radius 1 is 1.00 bits per heavy atom. The highest BCUT2D eigenvalue weighted by Gasteiger charge is 2.22. The summed E-state index contributed by atoms with van der Waals surface area (Å²) < 4.78 is 44.6. The Labute approximate surface area is 157 Å². The molecule has 2 rings (SSSR count). The molecule has 0 bridgehead atoms. The van der Waals surface area contributed by atoms with E-state index >= 15 is 0 Å². The quantitative estimate of drug-likeness (QED) is 0.509. The van der Waals surface area contributed by atoms with Gasteiger partial charge in [-0.15, -0.1) is 0 Å². The number of ketones is 1. The lowest BCUT2D eigenvalue weighted by Gasteiger charge is -2.18. The number of carbonyl (C=O) groups is 2. The zero-order chi connectivity index (χ0) is 20.0. The summed E-state index contributed by atoms with van der Waals surface area (Å²) in [5.74, 6) is -2.15. The minimum Gasteiger partial charge on any atom is -0.454 e. The summed E-state index contributed by atoms with van der Waals surface area (Å²) in [6.45, 7) is 3.53. The maximum atomic E-state index is 13.5. The zero-order valence-electron chi connectivity index (χ0n) is 15.0. The Morgan fingerprint density at radius 3 is 2.15 bits per heavy atom. The summed E-state index contributed by atoms with van der Waals surface area (Å²) in [6.07, 6.45) is 0. The summed E-state index contributed by atoms with van der Waals surface area (Å²) in [5.41, 5.74) is -0.0687. The van der Waals surface area contributed by atoms with E-state index in [4.69, 9.17) is 4.74 Å². The predicted molar refractivity (Wildman–Crippen MR) is 97.6 cm³/mol. The second-order valence-corrected chi connectivity index (χ2v) is 7.53. The van der Waals surface area contributed by atoms with Gasteiger partial charge in [0, 0.05) is 13.1 Å². The van der Waals surface area contributed by atoms with Gasteiger partial charge in [-0.05, 0) is 36.4 Å². The first kappa shape index (κ1) is 20.7. The molecule has 0 aromatic heterocycles. The molecule has 0 aliphatic carbocycles. The number of sulfonamides is 1. The second-order valence-electron chi connectivity index (χ2n) is 5.59. The van der Waals surface area contributed by atoms with Gasteiger partial charge in [0.2, 0.25) is 15.8 Å². The Balaban J connectivity index is 2.06. The molecule has 144 valence electrons. The lowest BCUT2D eigenvalue weighted by atomic mass is 10.1. The van der Waals surface area contributed by atoms with Crippen molar-refractivity contribution in [2.45, 2.75) is 18.7 Å². The summed E-state index contributed by atoms with van der Waals surface area (Å²) in [5, 5.41) is 0. The molecule has 0 heterocycles. The summed E-state index contributed by atoms with van der Waals surface area (Å²) in [7, 11) is -3.62. The number of benzene rings is 2. The Kier molecular flexibility index (Phi) is 6.81. The van der Waals surface area contributed by atoms with Gasteiger partial charge in [-0.2, -0.15) is 4.31 Å². The van der Waals surface area contributed by atoms with Crippen LogP contribution >= 0.6 is 0 Å². The average Bonchev–Trinajstić information content (AvgIpc) is 2.67. The van der Waals surface area contributed by atoms with Crippen LogP contribution in [-0.2, 0) is 14.8 Å². The van der Waals surface area contributed by atoms with Crippen molar-refractivity contribution in [1.29, 1.82) is 0 Å². The molecular formula is C19H20FNO5S. The molecule has 2 aromatic carbocycles. The molecule has 0 radical (unpaired) electrons. The number of hydrogen-bond donors (Lipinski definition) is 0. The Hall–Kier alpha value is -2.58. The van der Waals surface area contributed by atoms with Gasteiger partial charge in [0.25, 0.3) is 0 Å². The molecule has 27 heavy (non-hydrogen) atoms. The summed E-state index contributed by atoms with van der Waals surface area (Å²) in [6, 6.07) is 10.6. The van der Waals surface area contributed by atoms with Crippen LogP contribution in [0.2, 0.25) is 0 Å². The molecule has 0 atom stereocenters. The monoisotopic (exact) mass is 393 g/mol. The standard InChI is InChI=1S/C19H20FNO5S/c1-3-21(4-2)27(24,25)15-11-9-14(10-12-15)19(23)26-13-18(22)16-7-5-6-8-17(16)20/h5-12H,3-4,13H2,1-2H3. The van der Waals surface area contributed by atoms with Crippen molar-refractivity contribution < 1.29 is 27.1 Å². The van der Waals surface area contributed by atoms with E-state index in [1.54, 1.807) is 13.8 Å². The van der Waals surface area contributed by atoms with Crippen LogP contribution < -0.4 is 0 Å². The number of hydrogen-bond acceptors (Lipinski definition) is 5. The van der Waals surface area contributed by atoms with Crippen LogP contribution in [-0.4, -0.2) is 44.2 Å². The molecule has 6 nitrogen and oxygen atoms in total. The molecule has 0 unspecified atom stereocenters. The van der Waals surface area contributed by atoms with E-state index in [1.807, 2.05) is 0 Å². The number of halogens is 1. The molecule has 0 saturated carbocycles. The first-order valence-corrected chi connectivity index (χ1v) is 9.80. The molecule has 8 heteroatoms. The molecule has 0 N–H and O–H groups in total. The third-order valence-electron chi connectivity index (χ3n) is 3.94. The number of rotatable bonds is 8. The van der Waals surface area contributed by atoms with Gasteiger partial charge >= 0.3 is 5.97 Å². The van der Waals surface area contributed by atoms with Gasteiger partial charge in [0.1, 0.15) is 5.82 Å². The molecule has 0 fully saturated rings. The largest absolute Gasteiger partial charge is 0.454 e. The molecule has 0 saturated heterocycles. The van der Waals surface area contributed by atoms with E-state index in [0.717, 1.165) is 6.07 Å². The number of nitrogens with zero attached hydrogens (tertiary/aromatic N) is 1. The molecule has 0 aliphatic rings. The Morgan fingerprint density at radius 2 is 1.59 bits per heavy atom. The van der Waals surface area contributed by atoms with E-state index in [2.05, 4.69) is 0 Å². The third kappa shape index (κ3) is 4.78. The fourth-order valence-electron chi connectivity index (χ4n) is 2.46. The maximum absolute atomic E-state index is 13.5. The highest BCUT2D eigenvalue weighted by atomic mass is 32.2. The van der Waals surface area contributed by atoms with E-state index in [9.17, 15) is 22.4 Å². The smallest absolute Gasteiger partial charge is 0.338 e. The van der Waals surface area contributed by atoms with Crippen molar-refractivity contribution in [3.05, 3.63) is 65.5 Å². The zero-order valence-corrected chi connectivity index (χ0v) is 15.8. The van der Waals surface area contributed by atoms with Crippen LogP contribution in [0.4, 0.5) is 4.39 Å². The minimum atomic E-state index is -3.62. The first-order chi connectivity index (χ1) is 12.8. The summed E-state index contributed by atoms with van der Waals surface area (Å²) >= 11 is 0. The topological polar surface area (TPSA) is 80.8 Å². The maximum Gasteiger partial charge on any atom is 0.338 e. The van der Waals surface area contributed by atoms with Crippen LogP contribution in [0.5, 0.6) is 0 Å².